The summed E-state index contributed by atoms with van der Waals surface area (Å²) in [6.07, 6.45) is 4.05. The Morgan fingerprint density at radius 2 is 1.92 bits per heavy atom. The van der Waals surface area contributed by atoms with Gasteiger partial charge in [0.1, 0.15) is 12.4 Å². The van der Waals surface area contributed by atoms with Crippen molar-refractivity contribution in [1.82, 2.24) is 10.3 Å². The lowest BCUT2D eigenvalue weighted by Crippen LogP contribution is -2.29. The minimum absolute atomic E-state index is 0.00615. The molecule has 4 nitrogen and oxygen atoms in total. The van der Waals surface area contributed by atoms with E-state index in [-0.39, 0.29) is 17.4 Å². The van der Waals surface area contributed by atoms with Gasteiger partial charge in [-0.05, 0) is 36.1 Å². The predicted molar refractivity (Wildman–Crippen MR) is 95.6 cm³/mol. The van der Waals surface area contributed by atoms with E-state index in [2.05, 4.69) is 31.1 Å². The van der Waals surface area contributed by atoms with Crippen molar-refractivity contribution in [1.29, 1.82) is 0 Å². The van der Waals surface area contributed by atoms with Crippen molar-refractivity contribution in [2.24, 2.45) is 5.41 Å². The van der Waals surface area contributed by atoms with Crippen molar-refractivity contribution >= 4 is 5.91 Å². The van der Waals surface area contributed by atoms with E-state index >= 15 is 0 Å². The summed E-state index contributed by atoms with van der Waals surface area (Å²) in [7, 11) is 0. The Kier molecular flexibility index (Phi) is 5.96. The van der Waals surface area contributed by atoms with Gasteiger partial charge >= 0.3 is 0 Å². The second kappa shape index (κ2) is 7.95. The van der Waals surface area contributed by atoms with Gasteiger partial charge in [-0.2, -0.15) is 0 Å². The Morgan fingerprint density at radius 3 is 2.50 bits per heavy atom. The number of nitrogens with zero attached hydrogens (tertiary/aromatic N) is 1. The van der Waals surface area contributed by atoms with Crippen LogP contribution < -0.4 is 10.1 Å². The lowest BCUT2D eigenvalue weighted by Gasteiger charge is -2.20. The van der Waals surface area contributed by atoms with E-state index in [1.807, 2.05) is 43.3 Å². The molecular formula is C20H26N2O2. The first-order valence-corrected chi connectivity index (χ1v) is 8.24. The van der Waals surface area contributed by atoms with Gasteiger partial charge in [0.15, 0.2) is 0 Å². The summed E-state index contributed by atoms with van der Waals surface area (Å²) in [5, 5.41) is 3.04. The molecule has 24 heavy (non-hydrogen) atoms. The third-order valence-corrected chi connectivity index (χ3v) is 3.58. The molecule has 1 heterocycles. The highest BCUT2D eigenvalue weighted by Crippen LogP contribution is 2.21. The van der Waals surface area contributed by atoms with Gasteiger partial charge < -0.3 is 10.1 Å². The fourth-order valence-electron chi connectivity index (χ4n) is 2.36. The normalized spacial score (nSPS) is 12.5. The molecule has 1 amide bonds. The van der Waals surface area contributed by atoms with Crippen molar-refractivity contribution in [3.05, 3.63) is 59.9 Å². The molecule has 0 radical (unpaired) electrons. The van der Waals surface area contributed by atoms with Crippen LogP contribution in [0.3, 0.4) is 0 Å². The smallest absolute Gasteiger partial charge is 0.220 e. The average molecular weight is 326 g/mol. The molecule has 1 aromatic heterocycles. The number of ether oxygens (including phenoxy) is 1. The molecule has 0 bridgehead atoms. The van der Waals surface area contributed by atoms with Gasteiger partial charge in [-0.15, -0.1) is 0 Å². The number of carbonyl (C=O) groups excluding carboxylic acids is 1. The molecule has 4 heteroatoms. The molecule has 0 aliphatic rings. The fourth-order valence-corrected chi connectivity index (χ4v) is 2.36. The maximum atomic E-state index is 12.0. The van der Waals surface area contributed by atoms with Gasteiger partial charge in [0.25, 0.3) is 0 Å². The summed E-state index contributed by atoms with van der Waals surface area (Å²) >= 11 is 0. The molecular weight excluding hydrogens is 300 g/mol. The van der Waals surface area contributed by atoms with E-state index in [0.717, 1.165) is 16.9 Å². The number of aromatic nitrogens is 1. The van der Waals surface area contributed by atoms with Gasteiger partial charge in [-0.25, -0.2) is 0 Å². The zero-order chi connectivity index (χ0) is 17.6. The number of carbonyl (C=O) groups is 1. The molecule has 0 fully saturated rings. The fraction of sp³-hybridized carbons (Fsp3) is 0.400. The molecule has 0 spiro atoms. The first-order valence-electron chi connectivity index (χ1n) is 8.24. The molecule has 0 aliphatic carbocycles. The van der Waals surface area contributed by atoms with Gasteiger partial charge in [0.2, 0.25) is 5.91 Å². The topological polar surface area (TPSA) is 51.2 Å². The molecule has 1 aromatic carbocycles. The standard InChI is InChI=1S/C20H26N2O2/c1-15(22-19(23)12-20(2,3)4)17-7-9-18(10-8-17)24-14-16-6-5-11-21-13-16/h5-11,13,15H,12,14H2,1-4H3,(H,22,23). The molecule has 0 saturated carbocycles. The summed E-state index contributed by atoms with van der Waals surface area (Å²) in [5.41, 5.74) is 2.09. The van der Waals surface area contributed by atoms with Crippen LogP contribution in [0.15, 0.2) is 48.8 Å². The van der Waals surface area contributed by atoms with Crippen molar-refractivity contribution < 1.29 is 9.53 Å². The number of nitrogens with one attached hydrogen (secondary N) is 1. The highest BCUT2D eigenvalue weighted by Gasteiger charge is 2.17. The van der Waals surface area contributed by atoms with Gasteiger partial charge in [-0.1, -0.05) is 39.0 Å². The van der Waals surface area contributed by atoms with Crippen LogP contribution in [0.1, 0.15) is 51.3 Å². The third-order valence-electron chi connectivity index (χ3n) is 3.58. The van der Waals surface area contributed by atoms with Gasteiger partial charge in [-0.3, -0.25) is 9.78 Å². The zero-order valence-electron chi connectivity index (χ0n) is 14.9. The second-order valence-corrected chi connectivity index (χ2v) is 7.25. The van der Waals surface area contributed by atoms with Crippen LogP contribution in [0.5, 0.6) is 5.75 Å². The Bertz CT molecular complexity index is 646. The minimum atomic E-state index is -0.0211. The van der Waals surface area contributed by atoms with Gasteiger partial charge in [0.05, 0.1) is 6.04 Å². The van der Waals surface area contributed by atoms with Crippen LogP contribution in [0, 0.1) is 5.41 Å². The van der Waals surface area contributed by atoms with Crippen molar-refractivity contribution in [3.63, 3.8) is 0 Å². The summed E-state index contributed by atoms with van der Waals surface area (Å²) in [6.45, 7) is 8.67. The van der Waals surface area contributed by atoms with Crippen LogP contribution >= 0.6 is 0 Å². The molecule has 1 atom stereocenters. The van der Waals surface area contributed by atoms with Gasteiger partial charge in [0, 0.05) is 24.4 Å². The maximum Gasteiger partial charge on any atom is 0.220 e. The van der Waals surface area contributed by atoms with E-state index < -0.39 is 0 Å². The Balaban J connectivity index is 1.88. The second-order valence-electron chi connectivity index (χ2n) is 7.25. The molecule has 0 aliphatic heterocycles. The van der Waals surface area contributed by atoms with Crippen LogP contribution in [0.4, 0.5) is 0 Å². The Labute approximate surface area is 144 Å². The lowest BCUT2D eigenvalue weighted by molar-refractivity contribution is -0.123. The molecule has 1 unspecified atom stereocenters. The van der Waals surface area contributed by atoms with E-state index in [1.165, 1.54) is 0 Å². The predicted octanol–water partition coefficient (Wildman–Crippen LogP) is 4.27. The van der Waals surface area contributed by atoms with Crippen molar-refractivity contribution in [2.45, 2.75) is 46.8 Å². The van der Waals surface area contributed by atoms with Crippen molar-refractivity contribution in [2.75, 3.05) is 0 Å². The highest BCUT2D eigenvalue weighted by atomic mass is 16.5. The molecule has 2 rings (SSSR count). The number of rotatable bonds is 6. The quantitative estimate of drug-likeness (QED) is 0.862. The average Bonchev–Trinajstić information content (AvgIpc) is 2.52. The van der Waals surface area contributed by atoms with Crippen molar-refractivity contribution in [3.8, 4) is 5.75 Å². The number of hydrogen-bond donors (Lipinski definition) is 1. The Hall–Kier alpha value is -2.36. The zero-order valence-corrected chi connectivity index (χ0v) is 14.9. The first kappa shape index (κ1) is 18.0. The summed E-state index contributed by atoms with van der Waals surface area (Å²) in [5.74, 6) is 0.878. The van der Waals surface area contributed by atoms with E-state index in [4.69, 9.17) is 4.74 Å². The largest absolute Gasteiger partial charge is 0.489 e. The molecule has 0 saturated heterocycles. The monoisotopic (exact) mass is 326 g/mol. The highest BCUT2D eigenvalue weighted by molar-refractivity contribution is 5.77. The Morgan fingerprint density at radius 1 is 1.21 bits per heavy atom. The number of pyridine rings is 1. The lowest BCUT2D eigenvalue weighted by atomic mass is 9.91. The maximum absolute atomic E-state index is 12.0. The van der Waals surface area contributed by atoms with E-state index in [0.29, 0.717) is 13.0 Å². The number of benzene rings is 1. The molecule has 2 aromatic rings. The van der Waals surface area contributed by atoms with E-state index in [1.54, 1.807) is 12.4 Å². The molecule has 1 N–H and O–H groups in total. The van der Waals surface area contributed by atoms with Crippen LogP contribution in [-0.4, -0.2) is 10.9 Å². The SMILES string of the molecule is CC(NC(=O)CC(C)(C)C)c1ccc(OCc2cccnc2)cc1. The molecule has 128 valence electrons. The first-order chi connectivity index (χ1) is 11.3. The van der Waals surface area contributed by atoms with Crippen LogP contribution in [-0.2, 0) is 11.4 Å². The number of amides is 1. The summed E-state index contributed by atoms with van der Waals surface area (Å²) in [4.78, 5) is 16.1. The summed E-state index contributed by atoms with van der Waals surface area (Å²) < 4.78 is 5.75. The minimum Gasteiger partial charge on any atom is -0.489 e. The number of hydrogen-bond acceptors (Lipinski definition) is 3. The van der Waals surface area contributed by atoms with Crippen LogP contribution in [0.25, 0.3) is 0 Å². The summed E-state index contributed by atoms with van der Waals surface area (Å²) in [6, 6.07) is 11.7. The van der Waals surface area contributed by atoms with E-state index in [9.17, 15) is 4.79 Å². The van der Waals surface area contributed by atoms with Crippen LogP contribution in [0.2, 0.25) is 0 Å². The third kappa shape index (κ3) is 6.03.